The fourth-order valence-corrected chi connectivity index (χ4v) is 6.33. The number of allylic oxidation sites excluding steroid dienone is 1. The van der Waals surface area contributed by atoms with Gasteiger partial charge in [-0.1, -0.05) is 161 Å². The highest BCUT2D eigenvalue weighted by atomic mass is 16.7. The van der Waals surface area contributed by atoms with Crippen LogP contribution < -0.4 is 5.32 Å². The van der Waals surface area contributed by atoms with Crippen molar-refractivity contribution in [1.29, 1.82) is 0 Å². The molecule has 0 bridgehead atoms. The van der Waals surface area contributed by atoms with Crippen LogP contribution in [0.4, 0.5) is 0 Å². The predicted molar refractivity (Wildman–Crippen MR) is 194 cm³/mol. The van der Waals surface area contributed by atoms with Gasteiger partial charge in [-0.2, -0.15) is 0 Å². The van der Waals surface area contributed by atoms with E-state index in [4.69, 9.17) is 9.47 Å². The molecule has 6 N–H and O–H groups in total. The van der Waals surface area contributed by atoms with Crippen molar-refractivity contribution in [3.05, 3.63) is 12.2 Å². The highest BCUT2D eigenvalue weighted by Crippen LogP contribution is 2.22. The molecular weight excluding hydrogens is 610 g/mol. The molecule has 0 aliphatic carbocycles. The third-order valence-corrected chi connectivity index (χ3v) is 9.61. The van der Waals surface area contributed by atoms with E-state index < -0.39 is 49.5 Å². The van der Waals surface area contributed by atoms with Crippen molar-refractivity contribution in [1.82, 2.24) is 5.32 Å². The molecule has 1 rings (SSSR count). The molecule has 1 aliphatic heterocycles. The minimum absolute atomic E-state index is 0.187. The lowest BCUT2D eigenvalue weighted by Crippen LogP contribution is -2.60. The second-order valence-corrected chi connectivity index (χ2v) is 14.1. The van der Waals surface area contributed by atoms with Crippen LogP contribution in [0.25, 0.3) is 0 Å². The van der Waals surface area contributed by atoms with Gasteiger partial charge in [0.05, 0.1) is 25.4 Å². The average molecular weight is 686 g/mol. The van der Waals surface area contributed by atoms with Crippen molar-refractivity contribution in [2.75, 3.05) is 13.2 Å². The van der Waals surface area contributed by atoms with Gasteiger partial charge in [0.2, 0.25) is 5.91 Å². The number of nitrogens with one attached hydrogen (secondary N) is 1. The summed E-state index contributed by atoms with van der Waals surface area (Å²) in [4.78, 5) is 12.5. The zero-order chi connectivity index (χ0) is 35.2. The first kappa shape index (κ1) is 45.0. The third-order valence-electron chi connectivity index (χ3n) is 9.61. The quantitative estimate of drug-likeness (QED) is 0.0328. The SMILES string of the molecule is CCCCCCCCCCCCCCCCCCCCCC/C=C/C(O)C(COC1OC(CO)C(O)C(O)C1O)NC(=O)CCCCC. The minimum Gasteiger partial charge on any atom is -0.394 e. The van der Waals surface area contributed by atoms with E-state index in [0.717, 1.165) is 38.5 Å². The minimum atomic E-state index is -1.56. The van der Waals surface area contributed by atoms with Crippen LogP contribution in [0.2, 0.25) is 0 Å². The first-order valence-corrected chi connectivity index (χ1v) is 19.9. The summed E-state index contributed by atoms with van der Waals surface area (Å²) in [7, 11) is 0. The molecule has 9 nitrogen and oxygen atoms in total. The first-order chi connectivity index (χ1) is 23.3. The van der Waals surface area contributed by atoms with Crippen LogP contribution in [0, 0.1) is 0 Å². The molecule has 7 unspecified atom stereocenters. The lowest BCUT2D eigenvalue weighted by atomic mass is 9.99. The summed E-state index contributed by atoms with van der Waals surface area (Å²) in [5.41, 5.74) is 0. The molecule has 0 aromatic carbocycles. The number of carbonyl (C=O) groups is 1. The van der Waals surface area contributed by atoms with Crippen LogP contribution in [0.3, 0.4) is 0 Å². The number of hydrogen-bond acceptors (Lipinski definition) is 8. The second-order valence-electron chi connectivity index (χ2n) is 14.1. The molecule has 0 saturated carbocycles. The smallest absolute Gasteiger partial charge is 0.220 e. The average Bonchev–Trinajstić information content (AvgIpc) is 3.08. The van der Waals surface area contributed by atoms with Gasteiger partial charge in [-0.15, -0.1) is 0 Å². The van der Waals surface area contributed by atoms with Crippen molar-refractivity contribution in [2.24, 2.45) is 0 Å². The Balaban J connectivity index is 2.19. The first-order valence-electron chi connectivity index (χ1n) is 19.9. The van der Waals surface area contributed by atoms with Crippen LogP contribution in [0.5, 0.6) is 0 Å². The summed E-state index contributed by atoms with van der Waals surface area (Å²) in [6, 6.07) is -0.794. The third kappa shape index (κ3) is 21.9. The molecule has 0 aromatic heterocycles. The van der Waals surface area contributed by atoms with Crippen molar-refractivity contribution in [3.63, 3.8) is 0 Å². The molecule has 1 saturated heterocycles. The van der Waals surface area contributed by atoms with Crippen LogP contribution in [-0.4, -0.2) is 87.5 Å². The summed E-state index contributed by atoms with van der Waals surface area (Å²) in [6.45, 7) is 3.59. The Morgan fingerprint density at radius 3 is 1.62 bits per heavy atom. The van der Waals surface area contributed by atoms with Crippen LogP contribution >= 0.6 is 0 Å². The van der Waals surface area contributed by atoms with E-state index in [2.05, 4.69) is 19.2 Å². The maximum absolute atomic E-state index is 12.5. The molecule has 48 heavy (non-hydrogen) atoms. The van der Waals surface area contributed by atoms with E-state index in [9.17, 15) is 30.3 Å². The van der Waals surface area contributed by atoms with Crippen LogP contribution in [0.1, 0.15) is 174 Å². The summed E-state index contributed by atoms with van der Waals surface area (Å²) in [5, 5.41) is 53.5. The van der Waals surface area contributed by atoms with Gasteiger partial charge in [0.25, 0.3) is 0 Å². The monoisotopic (exact) mass is 686 g/mol. The molecule has 1 fully saturated rings. The number of rotatable bonds is 32. The second kappa shape index (κ2) is 30.7. The van der Waals surface area contributed by atoms with E-state index in [1.807, 2.05) is 6.08 Å². The van der Waals surface area contributed by atoms with E-state index >= 15 is 0 Å². The van der Waals surface area contributed by atoms with Gasteiger partial charge in [-0.3, -0.25) is 4.79 Å². The maximum atomic E-state index is 12.5. The number of amides is 1. The fourth-order valence-electron chi connectivity index (χ4n) is 6.33. The zero-order valence-corrected chi connectivity index (χ0v) is 30.7. The largest absolute Gasteiger partial charge is 0.394 e. The van der Waals surface area contributed by atoms with Gasteiger partial charge in [-0.05, 0) is 19.3 Å². The Morgan fingerprint density at radius 1 is 0.688 bits per heavy atom. The van der Waals surface area contributed by atoms with Crippen molar-refractivity contribution < 1.29 is 39.8 Å². The van der Waals surface area contributed by atoms with Crippen LogP contribution in [0.15, 0.2) is 12.2 Å². The van der Waals surface area contributed by atoms with Gasteiger partial charge in [-0.25, -0.2) is 0 Å². The summed E-state index contributed by atoms with van der Waals surface area (Å²) in [6.07, 6.45) is 26.4. The molecule has 7 atom stereocenters. The van der Waals surface area contributed by atoms with Gasteiger partial charge >= 0.3 is 0 Å². The number of ether oxygens (including phenoxy) is 2. The van der Waals surface area contributed by atoms with E-state index in [-0.39, 0.29) is 12.5 Å². The zero-order valence-electron chi connectivity index (χ0n) is 30.7. The molecule has 9 heteroatoms. The van der Waals surface area contributed by atoms with Gasteiger partial charge in [0, 0.05) is 6.42 Å². The number of aliphatic hydroxyl groups excluding tert-OH is 5. The van der Waals surface area contributed by atoms with E-state index in [0.29, 0.717) is 6.42 Å². The topological polar surface area (TPSA) is 149 Å². The van der Waals surface area contributed by atoms with Gasteiger partial charge in [0.15, 0.2) is 6.29 Å². The molecule has 1 amide bonds. The highest BCUT2D eigenvalue weighted by molar-refractivity contribution is 5.76. The normalized spacial score (nSPS) is 22.7. The molecule has 1 aliphatic rings. The summed E-state index contributed by atoms with van der Waals surface area (Å²) in [5.74, 6) is -0.201. The van der Waals surface area contributed by atoms with E-state index in [1.54, 1.807) is 6.08 Å². The van der Waals surface area contributed by atoms with E-state index in [1.165, 1.54) is 116 Å². The highest BCUT2D eigenvalue weighted by Gasteiger charge is 2.44. The number of hydrogen-bond donors (Lipinski definition) is 6. The Hall–Kier alpha value is -1.07. The van der Waals surface area contributed by atoms with Crippen molar-refractivity contribution >= 4 is 5.91 Å². The molecular formula is C39H75NO8. The number of unbranched alkanes of at least 4 members (excludes halogenated alkanes) is 22. The summed E-state index contributed by atoms with van der Waals surface area (Å²) < 4.78 is 11.1. The van der Waals surface area contributed by atoms with Gasteiger partial charge < -0.3 is 40.3 Å². The van der Waals surface area contributed by atoms with Crippen LogP contribution in [-0.2, 0) is 14.3 Å². The molecule has 284 valence electrons. The standard InChI is InChI=1S/C39H75NO8/c1-3-5-7-8-9-10-11-12-13-14-15-16-17-18-19-20-21-22-23-24-25-27-28-33(42)32(40-35(43)29-26-6-4-2)31-47-39-38(46)37(45)36(44)34(30-41)48-39/h27-28,32-34,36-39,41-42,44-46H,3-26,29-31H2,1-2H3,(H,40,43)/b28-27+. The Bertz CT molecular complexity index is 766. The molecule has 0 spiro atoms. The summed E-state index contributed by atoms with van der Waals surface area (Å²) >= 11 is 0. The lowest BCUT2D eigenvalue weighted by Gasteiger charge is -2.40. The Morgan fingerprint density at radius 2 is 1.15 bits per heavy atom. The lowest BCUT2D eigenvalue weighted by molar-refractivity contribution is -0.302. The van der Waals surface area contributed by atoms with Gasteiger partial charge in [0.1, 0.15) is 24.4 Å². The predicted octanol–water partition coefficient (Wildman–Crippen LogP) is 7.00. The Labute approximate surface area is 293 Å². The molecule has 1 heterocycles. The van der Waals surface area contributed by atoms with Crippen molar-refractivity contribution in [2.45, 2.75) is 217 Å². The number of aliphatic hydroxyl groups is 5. The Kier molecular flexibility index (Phi) is 28.8. The van der Waals surface area contributed by atoms with Crippen molar-refractivity contribution in [3.8, 4) is 0 Å². The molecule has 0 aromatic rings. The number of carbonyl (C=O) groups excluding carboxylic acids is 1. The fraction of sp³-hybridized carbons (Fsp3) is 0.923. The molecule has 0 radical (unpaired) electrons. The maximum Gasteiger partial charge on any atom is 0.220 e.